The van der Waals surface area contributed by atoms with Crippen molar-refractivity contribution in [3.63, 3.8) is 0 Å². The Labute approximate surface area is 131 Å². The van der Waals surface area contributed by atoms with Crippen molar-refractivity contribution in [1.82, 2.24) is 0 Å². The Morgan fingerprint density at radius 1 is 1.29 bits per heavy atom. The summed E-state index contributed by atoms with van der Waals surface area (Å²) in [6.07, 6.45) is 0. The molecule has 0 radical (unpaired) electrons. The second-order valence-electron chi connectivity index (χ2n) is 4.26. The number of rotatable bonds is 5. The Kier molecular flexibility index (Phi) is 5.05. The summed E-state index contributed by atoms with van der Waals surface area (Å²) in [6.45, 7) is -0.0975. The Morgan fingerprint density at radius 2 is 2.10 bits per heavy atom. The Hall–Kier alpha value is -2.21. The standard InChI is InChI=1S/C15H15BrN2O3/c1-20-12-5-6-14(13(16)8-12)21-9-15(19)18-11-4-2-3-10(17)7-11/h2-8H,9,17H2,1H3,(H,18,19). The van der Waals surface area contributed by atoms with Gasteiger partial charge in [-0.2, -0.15) is 0 Å². The van der Waals surface area contributed by atoms with Crippen LogP contribution in [0, 0.1) is 0 Å². The second-order valence-corrected chi connectivity index (χ2v) is 5.11. The van der Waals surface area contributed by atoms with Gasteiger partial charge in [0.15, 0.2) is 6.61 Å². The summed E-state index contributed by atoms with van der Waals surface area (Å²) in [7, 11) is 1.58. The SMILES string of the molecule is COc1ccc(OCC(=O)Nc2cccc(N)c2)c(Br)c1. The molecule has 0 aliphatic heterocycles. The Balaban J connectivity index is 1.92. The molecule has 0 saturated heterocycles. The zero-order valence-corrected chi connectivity index (χ0v) is 13.0. The lowest BCUT2D eigenvalue weighted by Gasteiger charge is -2.10. The molecule has 2 aromatic rings. The molecule has 0 aliphatic rings. The van der Waals surface area contributed by atoms with Gasteiger partial charge in [0.2, 0.25) is 0 Å². The Bertz CT molecular complexity index is 647. The van der Waals surface area contributed by atoms with Crippen molar-refractivity contribution in [3.8, 4) is 11.5 Å². The molecule has 6 heteroatoms. The number of ether oxygens (including phenoxy) is 2. The lowest BCUT2D eigenvalue weighted by atomic mass is 10.3. The molecule has 0 saturated carbocycles. The molecule has 0 unspecified atom stereocenters. The van der Waals surface area contributed by atoms with Crippen molar-refractivity contribution in [2.45, 2.75) is 0 Å². The average molecular weight is 351 g/mol. The number of carbonyl (C=O) groups excluding carboxylic acids is 1. The van der Waals surface area contributed by atoms with Gasteiger partial charge in [0, 0.05) is 11.4 Å². The molecule has 5 nitrogen and oxygen atoms in total. The van der Waals surface area contributed by atoms with E-state index in [4.69, 9.17) is 15.2 Å². The average Bonchev–Trinajstić information content (AvgIpc) is 2.46. The van der Waals surface area contributed by atoms with Gasteiger partial charge in [-0.05, 0) is 52.3 Å². The molecule has 0 bridgehead atoms. The van der Waals surface area contributed by atoms with Crippen LogP contribution in [0.3, 0.4) is 0 Å². The number of nitrogen functional groups attached to an aromatic ring is 1. The van der Waals surface area contributed by atoms with Crippen molar-refractivity contribution >= 4 is 33.2 Å². The van der Waals surface area contributed by atoms with E-state index in [0.29, 0.717) is 22.9 Å². The van der Waals surface area contributed by atoms with Crippen LogP contribution in [-0.4, -0.2) is 19.6 Å². The zero-order valence-electron chi connectivity index (χ0n) is 11.4. The lowest BCUT2D eigenvalue weighted by molar-refractivity contribution is -0.118. The van der Waals surface area contributed by atoms with E-state index in [1.165, 1.54) is 0 Å². The van der Waals surface area contributed by atoms with Gasteiger partial charge in [-0.15, -0.1) is 0 Å². The maximum Gasteiger partial charge on any atom is 0.262 e. The van der Waals surface area contributed by atoms with Crippen LogP contribution in [-0.2, 0) is 4.79 Å². The number of anilines is 2. The maximum atomic E-state index is 11.8. The van der Waals surface area contributed by atoms with Crippen LogP contribution >= 0.6 is 15.9 Å². The number of carbonyl (C=O) groups is 1. The van der Waals surface area contributed by atoms with E-state index in [1.807, 2.05) is 0 Å². The van der Waals surface area contributed by atoms with E-state index < -0.39 is 0 Å². The van der Waals surface area contributed by atoms with Crippen LogP contribution in [0.1, 0.15) is 0 Å². The van der Waals surface area contributed by atoms with Gasteiger partial charge in [-0.3, -0.25) is 4.79 Å². The predicted octanol–water partition coefficient (Wildman–Crippen LogP) is 3.06. The van der Waals surface area contributed by atoms with Gasteiger partial charge < -0.3 is 20.5 Å². The molecular weight excluding hydrogens is 336 g/mol. The number of nitrogens with one attached hydrogen (secondary N) is 1. The number of benzene rings is 2. The van der Waals surface area contributed by atoms with E-state index in [2.05, 4.69) is 21.2 Å². The maximum absolute atomic E-state index is 11.8. The van der Waals surface area contributed by atoms with Crippen LogP contribution in [0.25, 0.3) is 0 Å². The highest BCUT2D eigenvalue weighted by Gasteiger charge is 2.07. The minimum Gasteiger partial charge on any atom is -0.497 e. The number of hydrogen-bond acceptors (Lipinski definition) is 4. The summed E-state index contributed by atoms with van der Waals surface area (Å²) in [5, 5.41) is 2.71. The molecule has 0 aliphatic carbocycles. The monoisotopic (exact) mass is 350 g/mol. The molecule has 0 spiro atoms. The minimum absolute atomic E-state index is 0.0975. The molecule has 0 aromatic heterocycles. The number of amides is 1. The molecule has 2 aromatic carbocycles. The van der Waals surface area contributed by atoms with E-state index in [9.17, 15) is 4.79 Å². The predicted molar refractivity (Wildman–Crippen MR) is 85.7 cm³/mol. The van der Waals surface area contributed by atoms with Crippen molar-refractivity contribution < 1.29 is 14.3 Å². The third-order valence-electron chi connectivity index (χ3n) is 2.67. The summed E-state index contributed by atoms with van der Waals surface area (Å²) < 4.78 is 11.3. The smallest absolute Gasteiger partial charge is 0.262 e. The summed E-state index contributed by atoms with van der Waals surface area (Å²) in [5.74, 6) is 1.01. The molecule has 110 valence electrons. The fourth-order valence-electron chi connectivity index (χ4n) is 1.68. The summed E-state index contributed by atoms with van der Waals surface area (Å²) in [6, 6.07) is 12.2. The van der Waals surface area contributed by atoms with Gasteiger partial charge in [0.05, 0.1) is 11.6 Å². The number of methoxy groups -OCH3 is 1. The third-order valence-corrected chi connectivity index (χ3v) is 3.29. The summed E-state index contributed by atoms with van der Waals surface area (Å²) in [4.78, 5) is 11.8. The lowest BCUT2D eigenvalue weighted by Crippen LogP contribution is -2.20. The van der Waals surface area contributed by atoms with Crippen LogP contribution in [0.2, 0.25) is 0 Å². The van der Waals surface area contributed by atoms with E-state index in [1.54, 1.807) is 49.6 Å². The number of nitrogens with two attached hydrogens (primary N) is 1. The first-order valence-electron chi connectivity index (χ1n) is 6.20. The van der Waals surface area contributed by atoms with Gasteiger partial charge in [-0.1, -0.05) is 6.07 Å². The van der Waals surface area contributed by atoms with Gasteiger partial charge in [0.1, 0.15) is 11.5 Å². The van der Waals surface area contributed by atoms with Gasteiger partial charge >= 0.3 is 0 Å². The van der Waals surface area contributed by atoms with Crippen LogP contribution in [0.15, 0.2) is 46.9 Å². The molecule has 0 fully saturated rings. The van der Waals surface area contributed by atoms with Crippen LogP contribution < -0.4 is 20.5 Å². The zero-order chi connectivity index (χ0) is 15.2. The molecule has 0 heterocycles. The van der Waals surface area contributed by atoms with Gasteiger partial charge in [0.25, 0.3) is 5.91 Å². The van der Waals surface area contributed by atoms with Crippen LogP contribution in [0.5, 0.6) is 11.5 Å². The highest BCUT2D eigenvalue weighted by molar-refractivity contribution is 9.10. The largest absolute Gasteiger partial charge is 0.497 e. The summed E-state index contributed by atoms with van der Waals surface area (Å²) >= 11 is 3.36. The second kappa shape index (κ2) is 6.99. The molecule has 1 amide bonds. The van der Waals surface area contributed by atoms with Crippen molar-refractivity contribution in [2.24, 2.45) is 0 Å². The molecular formula is C15H15BrN2O3. The van der Waals surface area contributed by atoms with Crippen molar-refractivity contribution in [2.75, 3.05) is 24.8 Å². The third kappa shape index (κ3) is 4.39. The van der Waals surface area contributed by atoms with Crippen LogP contribution in [0.4, 0.5) is 11.4 Å². The number of hydrogen-bond donors (Lipinski definition) is 2. The fraction of sp³-hybridized carbons (Fsp3) is 0.133. The highest BCUT2D eigenvalue weighted by Crippen LogP contribution is 2.29. The van der Waals surface area contributed by atoms with Crippen molar-refractivity contribution in [3.05, 3.63) is 46.9 Å². The topological polar surface area (TPSA) is 73.6 Å². The van der Waals surface area contributed by atoms with E-state index in [-0.39, 0.29) is 12.5 Å². The molecule has 21 heavy (non-hydrogen) atoms. The first-order valence-corrected chi connectivity index (χ1v) is 6.99. The summed E-state index contributed by atoms with van der Waals surface area (Å²) in [5.41, 5.74) is 6.87. The normalized spacial score (nSPS) is 10.0. The minimum atomic E-state index is -0.261. The molecule has 3 N–H and O–H groups in total. The quantitative estimate of drug-likeness (QED) is 0.812. The van der Waals surface area contributed by atoms with E-state index in [0.717, 1.165) is 4.47 Å². The van der Waals surface area contributed by atoms with Gasteiger partial charge in [-0.25, -0.2) is 0 Å². The molecule has 2 rings (SSSR count). The number of halogens is 1. The highest BCUT2D eigenvalue weighted by atomic mass is 79.9. The van der Waals surface area contributed by atoms with E-state index >= 15 is 0 Å². The Morgan fingerprint density at radius 3 is 2.76 bits per heavy atom. The van der Waals surface area contributed by atoms with Crippen molar-refractivity contribution in [1.29, 1.82) is 0 Å². The molecule has 0 atom stereocenters. The fourth-order valence-corrected chi connectivity index (χ4v) is 2.15. The first kappa shape index (κ1) is 15.2. The first-order chi connectivity index (χ1) is 10.1.